The molecule has 0 amide bonds. The third-order valence-corrected chi connectivity index (χ3v) is 4.51. The first kappa shape index (κ1) is 14.6. The van der Waals surface area contributed by atoms with Crippen LogP contribution in [0.25, 0.3) is 0 Å². The van der Waals surface area contributed by atoms with E-state index in [0.29, 0.717) is 0 Å². The number of hydrogen-bond donors (Lipinski definition) is 0. The predicted molar refractivity (Wildman–Crippen MR) is 87.4 cm³/mol. The zero-order valence-electron chi connectivity index (χ0n) is 13.1. The average Bonchev–Trinajstić information content (AvgIpc) is 3.02. The van der Waals surface area contributed by atoms with Gasteiger partial charge in [-0.1, -0.05) is 19.1 Å². The SMILES string of the molecule is C[C@H]1CCC(c2cccc(OCCN3CCCC3)c2)=NC1. The molecular formula is C18H26N2O. The number of benzene rings is 1. The van der Waals surface area contributed by atoms with Crippen molar-refractivity contribution in [3.8, 4) is 5.75 Å². The second-order valence-electron chi connectivity index (χ2n) is 6.36. The van der Waals surface area contributed by atoms with Crippen LogP contribution >= 0.6 is 0 Å². The average molecular weight is 286 g/mol. The maximum atomic E-state index is 5.92. The van der Waals surface area contributed by atoms with Crippen molar-refractivity contribution in [3.05, 3.63) is 29.8 Å². The molecular weight excluding hydrogens is 260 g/mol. The molecule has 1 atom stereocenters. The topological polar surface area (TPSA) is 24.8 Å². The number of aliphatic imine (C=N–C) groups is 1. The fourth-order valence-electron chi connectivity index (χ4n) is 3.12. The lowest BCUT2D eigenvalue weighted by Gasteiger charge is -2.18. The highest BCUT2D eigenvalue weighted by molar-refractivity contribution is 6.01. The minimum absolute atomic E-state index is 0.730. The number of nitrogens with zero attached hydrogens (tertiary/aromatic N) is 2. The molecule has 0 N–H and O–H groups in total. The van der Waals surface area contributed by atoms with Crippen LogP contribution in [0.5, 0.6) is 5.75 Å². The van der Waals surface area contributed by atoms with Crippen LogP contribution in [0.1, 0.15) is 38.2 Å². The fourth-order valence-corrected chi connectivity index (χ4v) is 3.12. The van der Waals surface area contributed by atoms with Gasteiger partial charge in [-0.25, -0.2) is 0 Å². The van der Waals surface area contributed by atoms with Gasteiger partial charge < -0.3 is 4.74 Å². The molecule has 3 nitrogen and oxygen atoms in total. The molecule has 3 rings (SSSR count). The zero-order valence-corrected chi connectivity index (χ0v) is 13.1. The fraction of sp³-hybridized carbons (Fsp3) is 0.611. The Morgan fingerprint density at radius 2 is 2.14 bits per heavy atom. The molecule has 0 aliphatic carbocycles. The molecule has 0 aromatic heterocycles. The maximum Gasteiger partial charge on any atom is 0.120 e. The molecule has 114 valence electrons. The predicted octanol–water partition coefficient (Wildman–Crippen LogP) is 3.38. The Morgan fingerprint density at radius 3 is 2.90 bits per heavy atom. The van der Waals surface area contributed by atoms with Crippen LogP contribution in [0.2, 0.25) is 0 Å². The van der Waals surface area contributed by atoms with Gasteiger partial charge >= 0.3 is 0 Å². The molecule has 1 aromatic rings. The second kappa shape index (κ2) is 7.08. The summed E-state index contributed by atoms with van der Waals surface area (Å²) in [6.45, 7) is 7.54. The van der Waals surface area contributed by atoms with Crippen molar-refractivity contribution in [2.24, 2.45) is 10.9 Å². The quantitative estimate of drug-likeness (QED) is 0.829. The van der Waals surface area contributed by atoms with E-state index >= 15 is 0 Å². The van der Waals surface area contributed by atoms with Crippen LogP contribution in [-0.4, -0.2) is 43.4 Å². The second-order valence-corrected chi connectivity index (χ2v) is 6.36. The van der Waals surface area contributed by atoms with Gasteiger partial charge in [-0.3, -0.25) is 9.89 Å². The van der Waals surface area contributed by atoms with Crippen LogP contribution in [0.3, 0.4) is 0 Å². The molecule has 2 aliphatic rings. The van der Waals surface area contributed by atoms with Crippen molar-refractivity contribution in [1.82, 2.24) is 4.90 Å². The van der Waals surface area contributed by atoms with Gasteiger partial charge in [-0.2, -0.15) is 0 Å². The molecule has 0 saturated carbocycles. The van der Waals surface area contributed by atoms with Crippen molar-refractivity contribution < 1.29 is 4.74 Å². The summed E-state index contributed by atoms with van der Waals surface area (Å²) in [5, 5.41) is 0. The first-order valence-corrected chi connectivity index (χ1v) is 8.30. The normalized spacial score (nSPS) is 23.1. The monoisotopic (exact) mass is 286 g/mol. The van der Waals surface area contributed by atoms with E-state index in [4.69, 9.17) is 9.73 Å². The standard InChI is InChI=1S/C18H26N2O/c1-15-7-8-18(19-14-15)16-5-4-6-17(13-16)21-12-11-20-9-2-3-10-20/h4-6,13,15H,2-3,7-12,14H2,1H3/t15-/m0/s1. The first-order valence-electron chi connectivity index (χ1n) is 8.30. The summed E-state index contributed by atoms with van der Waals surface area (Å²) in [5.41, 5.74) is 2.48. The van der Waals surface area contributed by atoms with Crippen LogP contribution in [-0.2, 0) is 0 Å². The summed E-state index contributed by atoms with van der Waals surface area (Å²) in [7, 11) is 0. The summed E-state index contributed by atoms with van der Waals surface area (Å²) in [4.78, 5) is 7.20. The summed E-state index contributed by atoms with van der Waals surface area (Å²) in [5.74, 6) is 1.71. The third kappa shape index (κ3) is 4.07. The van der Waals surface area contributed by atoms with Crippen LogP contribution in [0.4, 0.5) is 0 Å². The molecule has 1 saturated heterocycles. The molecule has 0 spiro atoms. The lowest BCUT2D eigenvalue weighted by molar-refractivity contribution is 0.238. The first-order chi connectivity index (χ1) is 10.3. The molecule has 1 aromatic carbocycles. The van der Waals surface area contributed by atoms with E-state index in [1.54, 1.807) is 0 Å². The Balaban J connectivity index is 1.55. The molecule has 0 bridgehead atoms. The van der Waals surface area contributed by atoms with Gasteiger partial charge in [-0.15, -0.1) is 0 Å². The Morgan fingerprint density at radius 1 is 1.29 bits per heavy atom. The molecule has 2 aliphatic heterocycles. The lowest BCUT2D eigenvalue weighted by Crippen LogP contribution is -2.25. The number of hydrogen-bond acceptors (Lipinski definition) is 3. The molecule has 3 heteroatoms. The van der Waals surface area contributed by atoms with Crippen LogP contribution in [0.15, 0.2) is 29.3 Å². The summed E-state index contributed by atoms with van der Waals surface area (Å²) in [6, 6.07) is 8.45. The molecule has 21 heavy (non-hydrogen) atoms. The zero-order chi connectivity index (χ0) is 14.5. The van der Waals surface area contributed by atoms with E-state index < -0.39 is 0 Å². The van der Waals surface area contributed by atoms with Crippen LogP contribution < -0.4 is 4.74 Å². The van der Waals surface area contributed by atoms with Gasteiger partial charge in [-0.05, 0) is 62.4 Å². The Labute approximate surface area is 128 Å². The maximum absolute atomic E-state index is 5.92. The molecule has 0 radical (unpaired) electrons. The van der Waals surface area contributed by atoms with Gasteiger partial charge in [0.05, 0.1) is 0 Å². The highest BCUT2D eigenvalue weighted by atomic mass is 16.5. The molecule has 2 heterocycles. The van der Waals surface area contributed by atoms with Crippen molar-refractivity contribution in [1.29, 1.82) is 0 Å². The van der Waals surface area contributed by atoms with Crippen molar-refractivity contribution in [2.75, 3.05) is 32.8 Å². The van der Waals surface area contributed by atoms with E-state index in [-0.39, 0.29) is 0 Å². The van der Waals surface area contributed by atoms with Gasteiger partial charge in [0.25, 0.3) is 0 Å². The van der Waals surface area contributed by atoms with E-state index in [2.05, 4.69) is 36.1 Å². The summed E-state index contributed by atoms with van der Waals surface area (Å²) >= 11 is 0. The smallest absolute Gasteiger partial charge is 0.120 e. The van der Waals surface area contributed by atoms with Gasteiger partial charge in [0.2, 0.25) is 0 Å². The lowest BCUT2D eigenvalue weighted by atomic mass is 9.96. The Bertz CT molecular complexity index is 492. The van der Waals surface area contributed by atoms with Crippen molar-refractivity contribution >= 4 is 5.71 Å². The Kier molecular flexibility index (Phi) is 4.91. The van der Waals surface area contributed by atoms with Gasteiger partial charge in [0.15, 0.2) is 0 Å². The van der Waals surface area contributed by atoms with E-state index in [1.165, 1.54) is 43.6 Å². The van der Waals surface area contributed by atoms with E-state index in [0.717, 1.165) is 37.8 Å². The molecule has 0 unspecified atom stereocenters. The van der Waals surface area contributed by atoms with Gasteiger partial charge in [0, 0.05) is 18.8 Å². The van der Waals surface area contributed by atoms with E-state index in [9.17, 15) is 0 Å². The summed E-state index contributed by atoms with van der Waals surface area (Å²) < 4.78 is 5.92. The highest BCUT2D eigenvalue weighted by Gasteiger charge is 2.14. The van der Waals surface area contributed by atoms with Crippen LogP contribution in [0, 0.1) is 5.92 Å². The number of likely N-dealkylation sites (tertiary alicyclic amines) is 1. The van der Waals surface area contributed by atoms with Gasteiger partial charge in [0.1, 0.15) is 12.4 Å². The third-order valence-electron chi connectivity index (χ3n) is 4.51. The molecule has 1 fully saturated rings. The highest BCUT2D eigenvalue weighted by Crippen LogP contribution is 2.21. The van der Waals surface area contributed by atoms with Crippen molar-refractivity contribution in [2.45, 2.75) is 32.6 Å². The Hall–Kier alpha value is -1.35. The minimum atomic E-state index is 0.730. The minimum Gasteiger partial charge on any atom is -0.492 e. The van der Waals surface area contributed by atoms with Crippen molar-refractivity contribution in [3.63, 3.8) is 0 Å². The number of ether oxygens (including phenoxy) is 1. The summed E-state index contributed by atoms with van der Waals surface area (Å²) in [6.07, 6.45) is 5.03. The number of rotatable bonds is 5. The van der Waals surface area contributed by atoms with E-state index in [1.807, 2.05) is 0 Å². The largest absolute Gasteiger partial charge is 0.492 e.